The largest absolute Gasteiger partial charge is 0.454 e. The lowest BCUT2D eigenvalue weighted by atomic mass is 10.2. The van der Waals surface area contributed by atoms with Gasteiger partial charge in [-0.1, -0.05) is 0 Å². The molecule has 8 nitrogen and oxygen atoms in total. The molecule has 0 bridgehead atoms. The summed E-state index contributed by atoms with van der Waals surface area (Å²) in [6, 6.07) is 7.92. The van der Waals surface area contributed by atoms with E-state index in [2.05, 4.69) is 39.6 Å². The van der Waals surface area contributed by atoms with Crippen molar-refractivity contribution in [3.63, 3.8) is 0 Å². The molecule has 3 heterocycles. The lowest BCUT2D eigenvalue weighted by Crippen LogP contribution is -2.46. The molecule has 0 spiro atoms. The van der Waals surface area contributed by atoms with E-state index in [-0.39, 0.29) is 11.8 Å². The summed E-state index contributed by atoms with van der Waals surface area (Å²) >= 11 is 1.83. The van der Waals surface area contributed by atoms with Crippen LogP contribution in [0, 0.1) is 6.92 Å². The number of guanidine groups is 1. The van der Waals surface area contributed by atoms with Crippen LogP contribution in [0.4, 0.5) is 0 Å². The SMILES string of the molecule is CCNC(=NCc1ccc(C(N)=O)o1)NCC(c1ccc(C)s1)N1CCOCC1. The van der Waals surface area contributed by atoms with Gasteiger partial charge in [-0.25, -0.2) is 4.99 Å². The standard InChI is InChI=1S/C20H29N5O3S/c1-3-22-20(23-12-15-5-6-17(28-15)19(21)26)24-13-16(18-7-4-14(2)29-18)25-8-10-27-11-9-25/h4-7,16H,3,8-13H2,1-2H3,(H2,21,26)(H2,22,23,24). The molecule has 1 aliphatic rings. The second kappa shape index (κ2) is 10.4. The van der Waals surface area contributed by atoms with Crippen molar-refractivity contribution in [2.75, 3.05) is 39.4 Å². The number of primary amides is 1. The van der Waals surface area contributed by atoms with Crippen LogP contribution in [0.2, 0.25) is 0 Å². The molecule has 0 aromatic carbocycles. The van der Waals surface area contributed by atoms with Crippen LogP contribution in [0.3, 0.4) is 0 Å². The van der Waals surface area contributed by atoms with Crippen molar-refractivity contribution in [2.24, 2.45) is 10.7 Å². The Labute approximate surface area is 175 Å². The van der Waals surface area contributed by atoms with Crippen LogP contribution in [-0.2, 0) is 11.3 Å². The molecule has 0 radical (unpaired) electrons. The van der Waals surface area contributed by atoms with Crippen molar-refractivity contribution in [3.8, 4) is 0 Å². The molecule has 1 amide bonds. The van der Waals surface area contributed by atoms with Gasteiger partial charge in [-0.2, -0.15) is 0 Å². The van der Waals surface area contributed by atoms with Crippen molar-refractivity contribution in [2.45, 2.75) is 26.4 Å². The molecular formula is C20H29N5O3S. The molecule has 1 fully saturated rings. The molecule has 0 saturated carbocycles. The van der Waals surface area contributed by atoms with Crippen LogP contribution >= 0.6 is 11.3 Å². The van der Waals surface area contributed by atoms with E-state index in [1.54, 1.807) is 12.1 Å². The van der Waals surface area contributed by atoms with Crippen molar-refractivity contribution in [1.82, 2.24) is 15.5 Å². The lowest BCUT2D eigenvalue weighted by Gasteiger charge is -2.34. The molecule has 1 saturated heterocycles. The number of aliphatic imine (C=N–C) groups is 1. The average molecular weight is 420 g/mol. The topological polar surface area (TPSA) is 105 Å². The number of morpholine rings is 1. The Morgan fingerprint density at radius 3 is 2.69 bits per heavy atom. The van der Waals surface area contributed by atoms with Gasteiger partial charge in [0.2, 0.25) is 0 Å². The van der Waals surface area contributed by atoms with Crippen molar-refractivity contribution >= 4 is 23.2 Å². The van der Waals surface area contributed by atoms with Gasteiger partial charge in [0.25, 0.3) is 5.91 Å². The average Bonchev–Trinajstić information content (AvgIpc) is 3.36. The molecule has 0 aliphatic carbocycles. The number of hydrogen-bond acceptors (Lipinski definition) is 6. The highest BCUT2D eigenvalue weighted by atomic mass is 32.1. The minimum absolute atomic E-state index is 0.147. The number of thiophene rings is 1. The first-order valence-corrected chi connectivity index (χ1v) is 10.7. The number of furan rings is 1. The number of hydrogen-bond donors (Lipinski definition) is 3. The predicted molar refractivity (Wildman–Crippen MR) is 114 cm³/mol. The molecule has 1 unspecified atom stereocenters. The molecule has 2 aromatic heterocycles. The molecule has 1 atom stereocenters. The van der Waals surface area contributed by atoms with Gasteiger partial charge in [0.1, 0.15) is 12.3 Å². The van der Waals surface area contributed by atoms with E-state index >= 15 is 0 Å². The second-order valence-corrected chi connectivity index (χ2v) is 8.14. The fourth-order valence-corrected chi connectivity index (χ4v) is 4.23. The van der Waals surface area contributed by atoms with Gasteiger partial charge in [-0.3, -0.25) is 9.69 Å². The molecule has 9 heteroatoms. The van der Waals surface area contributed by atoms with E-state index in [1.165, 1.54) is 9.75 Å². The third kappa shape index (κ3) is 6.06. The Bertz CT molecular complexity index is 826. The molecule has 2 aromatic rings. The van der Waals surface area contributed by atoms with Crippen LogP contribution in [0.25, 0.3) is 0 Å². The van der Waals surface area contributed by atoms with Crippen LogP contribution in [0.1, 0.15) is 39.0 Å². The summed E-state index contributed by atoms with van der Waals surface area (Å²) in [5, 5.41) is 6.72. The highest BCUT2D eigenvalue weighted by molar-refractivity contribution is 7.12. The number of ether oxygens (including phenoxy) is 1. The zero-order chi connectivity index (χ0) is 20.6. The number of nitrogens with zero attached hydrogens (tertiary/aromatic N) is 2. The Hall–Kier alpha value is -2.36. The highest BCUT2D eigenvalue weighted by Crippen LogP contribution is 2.27. The fourth-order valence-electron chi connectivity index (χ4n) is 3.22. The van der Waals surface area contributed by atoms with Gasteiger partial charge in [0.05, 0.1) is 19.3 Å². The van der Waals surface area contributed by atoms with Crippen molar-refractivity contribution < 1.29 is 13.9 Å². The molecule has 29 heavy (non-hydrogen) atoms. The maximum absolute atomic E-state index is 11.2. The van der Waals surface area contributed by atoms with Gasteiger partial charge < -0.3 is 25.5 Å². The van der Waals surface area contributed by atoms with E-state index in [1.807, 2.05) is 18.3 Å². The summed E-state index contributed by atoms with van der Waals surface area (Å²) in [7, 11) is 0. The Balaban J connectivity index is 1.67. The quantitative estimate of drug-likeness (QED) is 0.446. The maximum atomic E-state index is 11.2. The van der Waals surface area contributed by atoms with E-state index in [0.717, 1.165) is 39.4 Å². The highest BCUT2D eigenvalue weighted by Gasteiger charge is 2.24. The van der Waals surface area contributed by atoms with Crippen molar-refractivity contribution in [1.29, 1.82) is 0 Å². The Morgan fingerprint density at radius 1 is 1.28 bits per heavy atom. The summed E-state index contributed by atoms with van der Waals surface area (Å²) in [4.78, 5) is 20.9. The van der Waals surface area contributed by atoms with E-state index in [0.29, 0.717) is 18.3 Å². The summed E-state index contributed by atoms with van der Waals surface area (Å²) in [5.74, 6) is 0.865. The number of carbonyl (C=O) groups is 1. The number of nitrogens with one attached hydrogen (secondary N) is 2. The maximum Gasteiger partial charge on any atom is 0.284 e. The number of rotatable bonds is 8. The lowest BCUT2D eigenvalue weighted by molar-refractivity contribution is 0.0177. The Morgan fingerprint density at radius 2 is 2.07 bits per heavy atom. The molecule has 1 aliphatic heterocycles. The van der Waals surface area contributed by atoms with Crippen LogP contribution in [-0.4, -0.2) is 56.2 Å². The third-order valence-corrected chi connectivity index (χ3v) is 5.78. The fraction of sp³-hybridized carbons (Fsp3) is 0.500. The number of aryl methyl sites for hydroxylation is 1. The first-order chi connectivity index (χ1) is 14.1. The van der Waals surface area contributed by atoms with Gasteiger partial charge >= 0.3 is 0 Å². The first-order valence-electron chi connectivity index (χ1n) is 9.85. The summed E-state index contributed by atoms with van der Waals surface area (Å²) in [6.45, 7) is 9.31. The number of nitrogens with two attached hydrogens (primary N) is 1. The van der Waals surface area contributed by atoms with Crippen LogP contribution in [0.5, 0.6) is 0 Å². The summed E-state index contributed by atoms with van der Waals surface area (Å²) in [6.07, 6.45) is 0. The van der Waals surface area contributed by atoms with E-state index in [9.17, 15) is 4.79 Å². The predicted octanol–water partition coefficient (Wildman–Crippen LogP) is 1.88. The number of carbonyl (C=O) groups excluding carboxylic acids is 1. The van der Waals surface area contributed by atoms with Gasteiger partial charge in [0, 0.05) is 35.9 Å². The monoisotopic (exact) mass is 419 g/mol. The second-order valence-electron chi connectivity index (χ2n) is 6.82. The van der Waals surface area contributed by atoms with Crippen molar-refractivity contribution in [3.05, 3.63) is 45.5 Å². The zero-order valence-electron chi connectivity index (χ0n) is 16.9. The van der Waals surface area contributed by atoms with Gasteiger partial charge in [-0.15, -0.1) is 11.3 Å². The number of amides is 1. The van der Waals surface area contributed by atoms with Gasteiger partial charge in [0.15, 0.2) is 11.7 Å². The third-order valence-electron chi connectivity index (χ3n) is 4.68. The molecule has 4 N–H and O–H groups in total. The normalized spacial score (nSPS) is 16.6. The molecular weight excluding hydrogens is 390 g/mol. The molecule has 3 rings (SSSR count). The Kier molecular flexibility index (Phi) is 7.68. The van der Waals surface area contributed by atoms with Crippen LogP contribution < -0.4 is 16.4 Å². The minimum atomic E-state index is -0.579. The van der Waals surface area contributed by atoms with Crippen LogP contribution in [0.15, 0.2) is 33.7 Å². The molecule has 158 valence electrons. The first kappa shape index (κ1) is 21.4. The zero-order valence-corrected chi connectivity index (χ0v) is 17.8. The van der Waals surface area contributed by atoms with E-state index < -0.39 is 5.91 Å². The summed E-state index contributed by atoms with van der Waals surface area (Å²) in [5.41, 5.74) is 5.23. The minimum Gasteiger partial charge on any atom is -0.454 e. The smallest absolute Gasteiger partial charge is 0.284 e. The van der Waals surface area contributed by atoms with E-state index in [4.69, 9.17) is 14.9 Å². The van der Waals surface area contributed by atoms with Gasteiger partial charge in [-0.05, 0) is 38.1 Å². The summed E-state index contributed by atoms with van der Waals surface area (Å²) < 4.78 is 10.9.